The zero-order valence-corrected chi connectivity index (χ0v) is 19.7. The fraction of sp³-hybridized carbons (Fsp3) is 0.208. The van der Waals surface area contributed by atoms with Crippen molar-refractivity contribution in [1.82, 2.24) is 4.72 Å². The van der Waals surface area contributed by atoms with Gasteiger partial charge in [-0.15, -0.1) is 0 Å². The van der Waals surface area contributed by atoms with Crippen molar-refractivity contribution in [3.05, 3.63) is 88.4 Å². The highest BCUT2D eigenvalue weighted by molar-refractivity contribution is 9.10. The zero-order chi connectivity index (χ0) is 22.6. The smallest absolute Gasteiger partial charge is 0.264 e. The lowest BCUT2D eigenvalue weighted by Gasteiger charge is -2.17. The van der Waals surface area contributed by atoms with Crippen LogP contribution >= 0.6 is 15.9 Å². The first-order valence-corrected chi connectivity index (χ1v) is 12.6. The van der Waals surface area contributed by atoms with Crippen LogP contribution in [0.1, 0.15) is 11.1 Å². The van der Waals surface area contributed by atoms with Gasteiger partial charge in [-0.3, -0.25) is 4.79 Å². The number of nitrogens with zero attached hydrogens (tertiary/aromatic N) is 1. The molecule has 0 atom stereocenters. The first kappa shape index (κ1) is 22.5. The van der Waals surface area contributed by atoms with Gasteiger partial charge in [0.15, 0.2) is 6.61 Å². The number of fused-ring (bicyclic) bond motifs is 1. The summed E-state index contributed by atoms with van der Waals surface area (Å²) in [5, 5.41) is 0. The normalized spacial score (nSPS) is 13.1. The fourth-order valence-corrected chi connectivity index (χ4v) is 5.07. The number of sulfonamides is 1. The third-order valence-corrected chi connectivity index (χ3v) is 7.25. The number of benzene rings is 3. The van der Waals surface area contributed by atoms with Gasteiger partial charge in [-0.2, -0.15) is 0 Å². The van der Waals surface area contributed by atoms with Crippen molar-refractivity contribution in [3.63, 3.8) is 0 Å². The highest BCUT2D eigenvalue weighted by atomic mass is 79.9. The average Bonchev–Trinajstić information content (AvgIpc) is 3.21. The van der Waals surface area contributed by atoms with E-state index in [-0.39, 0.29) is 17.4 Å². The lowest BCUT2D eigenvalue weighted by Crippen LogP contribution is -2.33. The Morgan fingerprint density at radius 3 is 2.53 bits per heavy atom. The van der Waals surface area contributed by atoms with E-state index in [1.54, 1.807) is 17.0 Å². The molecule has 32 heavy (non-hydrogen) atoms. The number of anilines is 1. The van der Waals surface area contributed by atoms with Gasteiger partial charge in [-0.05, 0) is 66.4 Å². The Hall–Kier alpha value is -2.68. The Balaban J connectivity index is 1.30. The lowest BCUT2D eigenvalue weighted by atomic mass is 10.2. The molecule has 166 valence electrons. The number of ether oxygens (including phenoxy) is 1. The number of carbonyl (C=O) groups is 1. The van der Waals surface area contributed by atoms with Crippen molar-refractivity contribution >= 4 is 37.5 Å². The second-order valence-electron chi connectivity index (χ2n) is 7.46. The van der Waals surface area contributed by atoms with Crippen molar-refractivity contribution in [1.29, 1.82) is 0 Å². The van der Waals surface area contributed by atoms with E-state index in [2.05, 4.69) is 20.7 Å². The van der Waals surface area contributed by atoms with Crippen LogP contribution in [0.4, 0.5) is 5.69 Å². The molecule has 8 heteroatoms. The number of nitrogens with one attached hydrogen (secondary N) is 1. The van der Waals surface area contributed by atoms with Gasteiger partial charge in [0.1, 0.15) is 5.75 Å². The van der Waals surface area contributed by atoms with Gasteiger partial charge in [0.05, 0.1) is 4.90 Å². The molecule has 6 nitrogen and oxygen atoms in total. The molecule has 0 radical (unpaired) electrons. The number of hydrogen-bond donors (Lipinski definition) is 1. The largest absolute Gasteiger partial charge is 0.484 e. The predicted octanol–water partition coefficient (Wildman–Crippen LogP) is 3.94. The molecule has 1 N–H and O–H groups in total. The summed E-state index contributed by atoms with van der Waals surface area (Å²) in [6.45, 7) is 0.823. The van der Waals surface area contributed by atoms with Crippen LogP contribution in [0, 0.1) is 0 Å². The second-order valence-corrected chi connectivity index (χ2v) is 10.1. The SMILES string of the molecule is O=C(COc1ccc(S(=O)(=O)NCCc2ccccc2)cc1)N1CCc2cc(Br)ccc21. The molecule has 0 aromatic heterocycles. The Morgan fingerprint density at radius 1 is 1.03 bits per heavy atom. The van der Waals surface area contributed by atoms with Crippen LogP contribution in [-0.4, -0.2) is 34.0 Å². The van der Waals surface area contributed by atoms with Gasteiger partial charge in [0.25, 0.3) is 5.91 Å². The van der Waals surface area contributed by atoms with Gasteiger partial charge >= 0.3 is 0 Å². The van der Waals surface area contributed by atoms with Crippen molar-refractivity contribution in [2.75, 3.05) is 24.6 Å². The summed E-state index contributed by atoms with van der Waals surface area (Å²) in [6, 6.07) is 21.6. The molecule has 4 rings (SSSR count). The molecule has 1 aliphatic heterocycles. The highest BCUT2D eigenvalue weighted by Gasteiger charge is 2.25. The number of rotatable bonds is 8. The molecule has 0 bridgehead atoms. The molecule has 3 aromatic carbocycles. The van der Waals surface area contributed by atoms with Crippen LogP contribution in [0.2, 0.25) is 0 Å². The minimum absolute atomic E-state index is 0.114. The minimum atomic E-state index is -3.61. The van der Waals surface area contributed by atoms with Gasteiger partial charge in [-0.1, -0.05) is 46.3 Å². The van der Waals surface area contributed by atoms with E-state index in [4.69, 9.17) is 4.74 Å². The van der Waals surface area contributed by atoms with Crippen LogP contribution < -0.4 is 14.4 Å². The van der Waals surface area contributed by atoms with E-state index in [0.717, 1.165) is 27.7 Å². The van der Waals surface area contributed by atoms with Gasteiger partial charge in [-0.25, -0.2) is 13.1 Å². The summed E-state index contributed by atoms with van der Waals surface area (Å²) in [7, 11) is -3.61. The summed E-state index contributed by atoms with van der Waals surface area (Å²) in [5.41, 5.74) is 3.10. The standard InChI is InChI=1S/C24H23BrN2O4S/c25-20-6-11-23-19(16-20)13-15-27(23)24(28)17-31-21-7-9-22(10-8-21)32(29,30)26-14-12-18-4-2-1-3-5-18/h1-11,16,26H,12-15,17H2. The molecular formula is C24H23BrN2O4S. The molecule has 0 saturated heterocycles. The fourth-order valence-electron chi connectivity index (χ4n) is 3.63. The van der Waals surface area contributed by atoms with Crippen LogP contribution in [0.15, 0.2) is 82.2 Å². The van der Waals surface area contributed by atoms with Crippen molar-refractivity contribution in [3.8, 4) is 5.75 Å². The van der Waals surface area contributed by atoms with Crippen LogP contribution in [0.5, 0.6) is 5.75 Å². The highest BCUT2D eigenvalue weighted by Crippen LogP contribution is 2.30. The maximum atomic E-state index is 12.6. The number of amides is 1. The molecule has 3 aromatic rings. The molecular weight excluding hydrogens is 492 g/mol. The predicted molar refractivity (Wildman–Crippen MR) is 127 cm³/mol. The summed E-state index contributed by atoms with van der Waals surface area (Å²) in [4.78, 5) is 14.5. The maximum Gasteiger partial charge on any atom is 0.264 e. The molecule has 1 aliphatic rings. The molecule has 0 saturated carbocycles. The quantitative estimate of drug-likeness (QED) is 0.493. The summed E-state index contributed by atoms with van der Waals surface area (Å²) in [6.07, 6.45) is 1.42. The molecule has 0 fully saturated rings. The Morgan fingerprint density at radius 2 is 1.78 bits per heavy atom. The molecule has 1 heterocycles. The first-order chi connectivity index (χ1) is 15.4. The van der Waals surface area contributed by atoms with Gasteiger partial charge < -0.3 is 9.64 Å². The first-order valence-electron chi connectivity index (χ1n) is 10.3. The van der Waals surface area contributed by atoms with Crippen molar-refractivity contribution < 1.29 is 17.9 Å². The van der Waals surface area contributed by atoms with E-state index >= 15 is 0 Å². The average molecular weight is 515 g/mol. The summed E-state index contributed by atoms with van der Waals surface area (Å²) in [5.74, 6) is 0.308. The third-order valence-electron chi connectivity index (χ3n) is 5.28. The van der Waals surface area contributed by atoms with Crippen LogP contribution in [0.25, 0.3) is 0 Å². The summed E-state index contributed by atoms with van der Waals surface area (Å²) < 4.78 is 34.2. The van der Waals surface area contributed by atoms with Gasteiger partial charge in [0, 0.05) is 23.2 Å². The second kappa shape index (κ2) is 9.85. The Labute approximate surface area is 196 Å². The summed E-state index contributed by atoms with van der Waals surface area (Å²) >= 11 is 3.45. The number of hydrogen-bond acceptors (Lipinski definition) is 4. The molecule has 0 aliphatic carbocycles. The topological polar surface area (TPSA) is 75.7 Å². The Kier molecular flexibility index (Phi) is 6.93. The number of halogens is 1. The van der Waals surface area contributed by atoms with E-state index in [1.807, 2.05) is 48.5 Å². The van der Waals surface area contributed by atoms with Crippen molar-refractivity contribution in [2.45, 2.75) is 17.7 Å². The molecule has 1 amide bonds. The van der Waals surface area contributed by atoms with E-state index < -0.39 is 10.0 Å². The third kappa shape index (κ3) is 5.38. The monoisotopic (exact) mass is 514 g/mol. The lowest BCUT2D eigenvalue weighted by molar-refractivity contribution is -0.120. The zero-order valence-electron chi connectivity index (χ0n) is 17.3. The van der Waals surface area contributed by atoms with E-state index in [1.165, 1.54) is 12.1 Å². The minimum Gasteiger partial charge on any atom is -0.484 e. The van der Waals surface area contributed by atoms with E-state index in [0.29, 0.717) is 25.3 Å². The van der Waals surface area contributed by atoms with Crippen LogP contribution in [-0.2, 0) is 27.7 Å². The van der Waals surface area contributed by atoms with Crippen LogP contribution in [0.3, 0.4) is 0 Å². The molecule has 0 spiro atoms. The molecule has 0 unspecified atom stereocenters. The van der Waals surface area contributed by atoms with Gasteiger partial charge in [0.2, 0.25) is 10.0 Å². The number of carbonyl (C=O) groups excluding carboxylic acids is 1. The Bertz CT molecular complexity index is 1200. The van der Waals surface area contributed by atoms with Crippen molar-refractivity contribution in [2.24, 2.45) is 0 Å². The maximum absolute atomic E-state index is 12.6. The van der Waals surface area contributed by atoms with E-state index in [9.17, 15) is 13.2 Å².